The molecule has 0 aliphatic carbocycles. The van der Waals surface area contributed by atoms with E-state index in [0.717, 1.165) is 18.5 Å². The predicted molar refractivity (Wildman–Crippen MR) is 80.1 cm³/mol. The number of hydrogen-bond acceptors (Lipinski definition) is 2. The Morgan fingerprint density at radius 2 is 1.74 bits per heavy atom. The third-order valence-electron chi connectivity index (χ3n) is 4.49. The molecule has 1 unspecified atom stereocenters. The minimum atomic E-state index is -0.696. The van der Waals surface area contributed by atoms with Crippen LogP contribution in [-0.2, 0) is 5.60 Å². The standard InChI is InChI=1S/C17H27NO/c1-15(2)17(19,16-9-5-3-6-10-16)11-14-18-12-7-4-8-13-18/h3,5-6,9-10,15,19H,4,7-8,11-14H2,1-2H3. The number of hydrogen-bond donors (Lipinski definition) is 1. The third kappa shape index (κ3) is 3.58. The Morgan fingerprint density at radius 1 is 1.11 bits per heavy atom. The molecule has 1 atom stereocenters. The fourth-order valence-corrected chi connectivity index (χ4v) is 3.00. The molecule has 0 bridgehead atoms. The first-order chi connectivity index (χ1) is 9.13. The number of rotatable bonds is 5. The van der Waals surface area contributed by atoms with E-state index in [1.54, 1.807) is 0 Å². The Hall–Kier alpha value is -0.860. The van der Waals surface area contributed by atoms with Gasteiger partial charge < -0.3 is 10.0 Å². The van der Waals surface area contributed by atoms with Crippen molar-refractivity contribution in [3.8, 4) is 0 Å². The summed E-state index contributed by atoms with van der Waals surface area (Å²) in [5.74, 6) is 0.236. The van der Waals surface area contributed by atoms with Crippen molar-refractivity contribution in [1.82, 2.24) is 4.90 Å². The second-order valence-electron chi connectivity index (χ2n) is 6.10. The molecule has 1 aromatic rings. The highest BCUT2D eigenvalue weighted by Crippen LogP contribution is 2.33. The molecular weight excluding hydrogens is 234 g/mol. The zero-order valence-corrected chi connectivity index (χ0v) is 12.3. The van der Waals surface area contributed by atoms with Gasteiger partial charge in [-0.3, -0.25) is 0 Å². The summed E-state index contributed by atoms with van der Waals surface area (Å²) < 4.78 is 0. The van der Waals surface area contributed by atoms with Crippen molar-refractivity contribution in [2.75, 3.05) is 19.6 Å². The summed E-state index contributed by atoms with van der Waals surface area (Å²) in [6, 6.07) is 10.1. The van der Waals surface area contributed by atoms with Crippen LogP contribution < -0.4 is 0 Å². The monoisotopic (exact) mass is 261 g/mol. The third-order valence-corrected chi connectivity index (χ3v) is 4.49. The minimum absolute atomic E-state index is 0.236. The van der Waals surface area contributed by atoms with E-state index in [1.807, 2.05) is 18.2 Å². The van der Waals surface area contributed by atoms with Gasteiger partial charge in [0.15, 0.2) is 0 Å². The molecule has 1 fully saturated rings. The Bertz CT molecular complexity index is 370. The molecule has 2 heteroatoms. The van der Waals surface area contributed by atoms with Crippen LogP contribution in [0, 0.1) is 5.92 Å². The lowest BCUT2D eigenvalue weighted by Gasteiger charge is -2.36. The van der Waals surface area contributed by atoms with Crippen molar-refractivity contribution >= 4 is 0 Å². The largest absolute Gasteiger partial charge is 0.385 e. The average molecular weight is 261 g/mol. The number of aliphatic hydroxyl groups is 1. The SMILES string of the molecule is CC(C)C(O)(CCN1CCCCC1)c1ccccc1. The lowest BCUT2D eigenvalue weighted by Crippen LogP contribution is -2.39. The second kappa shape index (κ2) is 6.53. The summed E-state index contributed by atoms with van der Waals surface area (Å²) in [6.07, 6.45) is 4.81. The van der Waals surface area contributed by atoms with Crippen LogP contribution in [0.4, 0.5) is 0 Å². The van der Waals surface area contributed by atoms with E-state index in [1.165, 1.54) is 32.4 Å². The Morgan fingerprint density at radius 3 is 2.32 bits per heavy atom. The molecule has 1 aromatic carbocycles. The number of nitrogens with zero attached hydrogens (tertiary/aromatic N) is 1. The van der Waals surface area contributed by atoms with Crippen LogP contribution in [0.3, 0.4) is 0 Å². The first-order valence-corrected chi connectivity index (χ1v) is 7.63. The van der Waals surface area contributed by atoms with Gasteiger partial charge in [0.25, 0.3) is 0 Å². The fraction of sp³-hybridized carbons (Fsp3) is 0.647. The zero-order valence-electron chi connectivity index (χ0n) is 12.3. The van der Waals surface area contributed by atoms with Crippen LogP contribution in [0.1, 0.15) is 45.1 Å². The van der Waals surface area contributed by atoms with Crippen LogP contribution >= 0.6 is 0 Å². The maximum Gasteiger partial charge on any atom is 0.0931 e. The summed E-state index contributed by atoms with van der Waals surface area (Å²) in [5.41, 5.74) is 0.362. The highest BCUT2D eigenvalue weighted by atomic mass is 16.3. The highest BCUT2D eigenvalue weighted by Gasteiger charge is 2.33. The lowest BCUT2D eigenvalue weighted by atomic mass is 9.80. The van der Waals surface area contributed by atoms with Crippen molar-refractivity contribution in [2.24, 2.45) is 5.92 Å². The highest BCUT2D eigenvalue weighted by molar-refractivity contribution is 5.23. The number of likely N-dealkylation sites (tertiary alicyclic amines) is 1. The minimum Gasteiger partial charge on any atom is -0.385 e. The van der Waals surface area contributed by atoms with Crippen molar-refractivity contribution in [3.05, 3.63) is 35.9 Å². The van der Waals surface area contributed by atoms with Gasteiger partial charge in [0, 0.05) is 6.54 Å². The molecule has 1 heterocycles. The second-order valence-corrected chi connectivity index (χ2v) is 6.10. The maximum atomic E-state index is 11.1. The Balaban J connectivity index is 2.03. The molecule has 0 spiro atoms. The van der Waals surface area contributed by atoms with Gasteiger partial charge in [-0.2, -0.15) is 0 Å². The van der Waals surface area contributed by atoms with E-state index in [2.05, 4.69) is 30.9 Å². The smallest absolute Gasteiger partial charge is 0.0931 e. The molecule has 19 heavy (non-hydrogen) atoms. The first-order valence-electron chi connectivity index (χ1n) is 7.63. The number of benzene rings is 1. The Kier molecular flexibility index (Phi) is 5.00. The van der Waals surface area contributed by atoms with E-state index in [0.29, 0.717) is 0 Å². The van der Waals surface area contributed by atoms with Gasteiger partial charge in [-0.1, -0.05) is 50.6 Å². The molecule has 0 radical (unpaired) electrons. The van der Waals surface area contributed by atoms with Crippen LogP contribution in [-0.4, -0.2) is 29.6 Å². The van der Waals surface area contributed by atoms with Crippen LogP contribution in [0.15, 0.2) is 30.3 Å². The van der Waals surface area contributed by atoms with Gasteiger partial charge in [0.05, 0.1) is 5.60 Å². The van der Waals surface area contributed by atoms with Gasteiger partial charge in [-0.05, 0) is 43.8 Å². The maximum absolute atomic E-state index is 11.1. The molecule has 1 aliphatic rings. The molecule has 0 saturated carbocycles. The van der Waals surface area contributed by atoms with Gasteiger partial charge >= 0.3 is 0 Å². The van der Waals surface area contributed by atoms with E-state index in [9.17, 15) is 5.11 Å². The summed E-state index contributed by atoms with van der Waals surface area (Å²) >= 11 is 0. The predicted octanol–water partition coefficient (Wildman–Crippen LogP) is 3.41. The van der Waals surface area contributed by atoms with Crippen LogP contribution in [0.5, 0.6) is 0 Å². The fourth-order valence-electron chi connectivity index (χ4n) is 3.00. The first kappa shape index (κ1) is 14.5. The Labute approximate surface area is 117 Å². The molecule has 2 rings (SSSR count). The average Bonchev–Trinajstić information content (AvgIpc) is 2.46. The van der Waals surface area contributed by atoms with E-state index >= 15 is 0 Å². The van der Waals surface area contributed by atoms with Crippen LogP contribution in [0.2, 0.25) is 0 Å². The summed E-state index contributed by atoms with van der Waals surface area (Å²) in [6.45, 7) is 7.63. The van der Waals surface area contributed by atoms with E-state index in [-0.39, 0.29) is 5.92 Å². The molecule has 106 valence electrons. The lowest BCUT2D eigenvalue weighted by molar-refractivity contribution is -0.0271. The molecule has 1 aliphatic heterocycles. The van der Waals surface area contributed by atoms with Gasteiger partial charge in [0.1, 0.15) is 0 Å². The summed E-state index contributed by atoms with van der Waals surface area (Å²) in [5, 5.41) is 11.1. The molecule has 1 saturated heterocycles. The van der Waals surface area contributed by atoms with Gasteiger partial charge in [0.2, 0.25) is 0 Å². The van der Waals surface area contributed by atoms with Crippen molar-refractivity contribution in [1.29, 1.82) is 0 Å². The van der Waals surface area contributed by atoms with E-state index < -0.39 is 5.60 Å². The van der Waals surface area contributed by atoms with Crippen LogP contribution in [0.25, 0.3) is 0 Å². The molecule has 0 aromatic heterocycles. The van der Waals surface area contributed by atoms with Gasteiger partial charge in [-0.25, -0.2) is 0 Å². The van der Waals surface area contributed by atoms with Gasteiger partial charge in [-0.15, -0.1) is 0 Å². The van der Waals surface area contributed by atoms with Crippen molar-refractivity contribution < 1.29 is 5.11 Å². The molecule has 0 amide bonds. The summed E-state index contributed by atoms with van der Waals surface area (Å²) in [7, 11) is 0. The summed E-state index contributed by atoms with van der Waals surface area (Å²) in [4.78, 5) is 2.50. The van der Waals surface area contributed by atoms with Crippen molar-refractivity contribution in [3.63, 3.8) is 0 Å². The normalized spacial score (nSPS) is 20.4. The van der Waals surface area contributed by atoms with Crippen molar-refractivity contribution in [2.45, 2.75) is 45.1 Å². The number of piperidine rings is 1. The zero-order chi connectivity index (χ0) is 13.7. The molecule has 1 N–H and O–H groups in total. The van der Waals surface area contributed by atoms with E-state index in [4.69, 9.17) is 0 Å². The topological polar surface area (TPSA) is 23.5 Å². The molecule has 2 nitrogen and oxygen atoms in total. The quantitative estimate of drug-likeness (QED) is 0.878. The molecular formula is C17H27NO.